The summed E-state index contributed by atoms with van der Waals surface area (Å²) in [4.78, 5) is 23.9. The molecule has 0 aliphatic heterocycles. The molecule has 4 aromatic rings. The molecule has 2 aromatic heterocycles. The Morgan fingerprint density at radius 3 is 2.72 bits per heavy atom. The van der Waals surface area contributed by atoms with Crippen LogP contribution in [-0.2, 0) is 6.54 Å². The largest absolute Gasteiger partial charge is 0.320 e. The molecule has 2 aromatic carbocycles. The van der Waals surface area contributed by atoms with Gasteiger partial charge in [-0.15, -0.1) is 0 Å². The minimum absolute atomic E-state index is 0.292. The van der Waals surface area contributed by atoms with Gasteiger partial charge in [-0.05, 0) is 29.8 Å². The molecule has 4 rings (SSSR count). The molecule has 0 amide bonds. The fourth-order valence-corrected chi connectivity index (χ4v) is 2.86. The van der Waals surface area contributed by atoms with Gasteiger partial charge in [-0.3, -0.25) is 4.79 Å². The molecule has 2 heterocycles. The predicted molar refractivity (Wildman–Crippen MR) is 94.1 cm³/mol. The number of aromatic amines is 1. The van der Waals surface area contributed by atoms with Crippen LogP contribution in [0.25, 0.3) is 22.6 Å². The van der Waals surface area contributed by atoms with E-state index in [0.717, 1.165) is 5.56 Å². The molecule has 0 saturated carbocycles. The summed E-state index contributed by atoms with van der Waals surface area (Å²) in [7, 11) is 0. The molecule has 124 valence electrons. The molecule has 5 nitrogen and oxygen atoms in total. The maximum absolute atomic E-state index is 13.0. The molecule has 0 spiro atoms. The van der Waals surface area contributed by atoms with Crippen molar-refractivity contribution in [3.05, 3.63) is 81.6 Å². The minimum Gasteiger partial charge on any atom is -0.320 e. The van der Waals surface area contributed by atoms with Gasteiger partial charge in [0.15, 0.2) is 11.2 Å². The number of benzene rings is 2. The lowest BCUT2D eigenvalue weighted by molar-refractivity contribution is 0.626. The Hall–Kier alpha value is -2.99. The highest BCUT2D eigenvalue weighted by atomic mass is 35.5. The van der Waals surface area contributed by atoms with E-state index >= 15 is 0 Å². The van der Waals surface area contributed by atoms with E-state index in [4.69, 9.17) is 11.6 Å². The summed E-state index contributed by atoms with van der Waals surface area (Å²) >= 11 is 5.99. The first kappa shape index (κ1) is 15.5. The van der Waals surface area contributed by atoms with Crippen LogP contribution in [0.1, 0.15) is 5.56 Å². The minimum atomic E-state index is -0.301. The Bertz CT molecular complexity index is 1120. The summed E-state index contributed by atoms with van der Waals surface area (Å²) in [5.74, 6) is 0.108. The van der Waals surface area contributed by atoms with Gasteiger partial charge in [-0.2, -0.15) is 0 Å². The van der Waals surface area contributed by atoms with Gasteiger partial charge in [0.2, 0.25) is 0 Å². The average Bonchev–Trinajstić information content (AvgIpc) is 3.00. The fourth-order valence-electron chi connectivity index (χ4n) is 2.66. The van der Waals surface area contributed by atoms with Crippen LogP contribution in [0.2, 0.25) is 5.02 Å². The predicted octanol–water partition coefficient (Wildman–Crippen LogP) is 3.63. The normalized spacial score (nSPS) is 11.1. The third-order valence-electron chi connectivity index (χ3n) is 3.85. The van der Waals surface area contributed by atoms with Crippen molar-refractivity contribution in [1.82, 2.24) is 19.5 Å². The number of aromatic nitrogens is 4. The zero-order valence-corrected chi connectivity index (χ0v) is 13.7. The molecule has 25 heavy (non-hydrogen) atoms. The third kappa shape index (κ3) is 3.04. The van der Waals surface area contributed by atoms with Gasteiger partial charge in [-0.25, -0.2) is 14.4 Å². The smallest absolute Gasteiger partial charge is 0.277 e. The Labute approximate surface area is 146 Å². The molecule has 0 fully saturated rings. The van der Waals surface area contributed by atoms with Crippen LogP contribution < -0.4 is 5.56 Å². The Morgan fingerprint density at radius 2 is 1.96 bits per heavy atom. The molecular formula is C18H12ClFN4O. The number of hydrogen-bond donors (Lipinski definition) is 1. The lowest BCUT2D eigenvalue weighted by atomic mass is 10.2. The van der Waals surface area contributed by atoms with Crippen LogP contribution in [0.3, 0.4) is 0 Å². The van der Waals surface area contributed by atoms with Gasteiger partial charge in [0.25, 0.3) is 5.56 Å². The van der Waals surface area contributed by atoms with E-state index in [1.807, 2.05) is 6.07 Å². The van der Waals surface area contributed by atoms with Gasteiger partial charge < -0.3 is 9.55 Å². The summed E-state index contributed by atoms with van der Waals surface area (Å²) in [6.07, 6.45) is 1.55. The molecule has 0 unspecified atom stereocenters. The summed E-state index contributed by atoms with van der Waals surface area (Å²) in [5.41, 5.74) is 1.99. The maximum Gasteiger partial charge on any atom is 0.277 e. The van der Waals surface area contributed by atoms with Crippen LogP contribution in [0, 0.1) is 5.82 Å². The van der Waals surface area contributed by atoms with Crippen LogP contribution >= 0.6 is 11.6 Å². The van der Waals surface area contributed by atoms with Crippen molar-refractivity contribution < 1.29 is 4.39 Å². The number of halogens is 2. The van der Waals surface area contributed by atoms with Gasteiger partial charge in [-0.1, -0.05) is 35.9 Å². The van der Waals surface area contributed by atoms with Crippen molar-refractivity contribution in [2.75, 3.05) is 0 Å². The van der Waals surface area contributed by atoms with E-state index < -0.39 is 0 Å². The quantitative estimate of drug-likeness (QED) is 0.611. The second-order valence-corrected chi connectivity index (χ2v) is 6.03. The average molecular weight is 355 g/mol. The number of hydrogen-bond acceptors (Lipinski definition) is 3. The highest BCUT2D eigenvalue weighted by Crippen LogP contribution is 2.20. The number of rotatable bonds is 3. The lowest BCUT2D eigenvalue weighted by Crippen LogP contribution is -2.13. The molecule has 0 saturated heterocycles. The van der Waals surface area contributed by atoms with Crippen LogP contribution in [0.4, 0.5) is 4.39 Å². The van der Waals surface area contributed by atoms with E-state index in [2.05, 4.69) is 15.0 Å². The third-order valence-corrected chi connectivity index (χ3v) is 4.08. The van der Waals surface area contributed by atoms with Gasteiger partial charge >= 0.3 is 0 Å². The highest BCUT2D eigenvalue weighted by Gasteiger charge is 2.12. The first-order chi connectivity index (χ1) is 12.1. The fraction of sp³-hybridized carbons (Fsp3) is 0.0556. The monoisotopic (exact) mass is 354 g/mol. The van der Waals surface area contributed by atoms with Crippen molar-refractivity contribution in [1.29, 1.82) is 0 Å². The van der Waals surface area contributed by atoms with Crippen molar-refractivity contribution in [2.24, 2.45) is 0 Å². The number of nitrogens with one attached hydrogen (secondary N) is 1. The molecule has 0 atom stereocenters. The Morgan fingerprint density at radius 1 is 1.16 bits per heavy atom. The standard InChI is InChI=1S/C18H12ClFN4O/c19-13-3-1-2-12(8-13)16-22-17-15(18(25)23-16)24(10-21-17)9-11-4-6-14(20)7-5-11/h1-8,10H,9H2,(H,22,23,25). The Balaban J connectivity index is 1.77. The van der Waals surface area contributed by atoms with Crippen LogP contribution in [0.15, 0.2) is 59.7 Å². The van der Waals surface area contributed by atoms with E-state index in [0.29, 0.717) is 34.1 Å². The second kappa shape index (κ2) is 6.14. The van der Waals surface area contributed by atoms with Crippen molar-refractivity contribution in [3.63, 3.8) is 0 Å². The van der Waals surface area contributed by atoms with Gasteiger partial charge in [0.1, 0.15) is 11.6 Å². The summed E-state index contributed by atoms with van der Waals surface area (Å²) in [6, 6.07) is 13.2. The number of fused-ring (bicyclic) bond motifs is 1. The van der Waals surface area contributed by atoms with Crippen molar-refractivity contribution >= 4 is 22.8 Å². The Kier molecular flexibility index (Phi) is 3.82. The number of H-pyrrole nitrogens is 1. The molecule has 0 aliphatic rings. The van der Waals surface area contributed by atoms with Crippen molar-refractivity contribution in [3.8, 4) is 11.4 Å². The zero-order valence-electron chi connectivity index (χ0n) is 12.9. The van der Waals surface area contributed by atoms with Crippen LogP contribution in [-0.4, -0.2) is 19.5 Å². The molecule has 1 N–H and O–H groups in total. The summed E-state index contributed by atoms with van der Waals surface area (Å²) < 4.78 is 14.7. The van der Waals surface area contributed by atoms with E-state index in [1.165, 1.54) is 12.1 Å². The number of imidazole rings is 1. The van der Waals surface area contributed by atoms with E-state index in [-0.39, 0.29) is 11.4 Å². The second-order valence-electron chi connectivity index (χ2n) is 5.60. The molecule has 7 heteroatoms. The van der Waals surface area contributed by atoms with Gasteiger partial charge in [0.05, 0.1) is 6.33 Å². The SMILES string of the molecule is O=c1[nH]c(-c2cccc(Cl)c2)nc2ncn(Cc3ccc(F)cc3)c12. The summed E-state index contributed by atoms with van der Waals surface area (Å²) in [5, 5.41) is 0.557. The molecule has 0 aliphatic carbocycles. The number of nitrogens with zero attached hydrogens (tertiary/aromatic N) is 3. The summed E-state index contributed by atoms with van der Waals surface area (Å²) in [6.45, 7) is 0.401. The zero-order chi connectivity index (χ0) is 17.4. The molecule has 0 radical (unpaired) electrons. The first-order valence-electron chi connectivity index (χ1n) is 7.56. The van der Waals surface area contributed by atoms with Gasteiger partial charge in [0, 0.05) is 17.1 Å². The first-order valence-corrected chi connectivity index (χ1v) is 7.93. The van der Waals surface area contributed by atoms with E-state index in [1.54, 1.807) is 41.2 Å². The molecular weight excluding hydrogens is 343 g/mol. The lowest BCUT2D eigenvalue weighted by Gasteiger charge is -2.05. The maximum atomic E-state index is 13.0. The molecule has 0 bridgehead atoms. The van der Waals surface area contributed by atoms with E-state index in [9.17, 15) is 9.18 Å². The highest BCUT2D eigenvalue weighted by molar-refractivity contribution is 6.30. The van der Waals surface area contributed by atoms with Crippen LogP contribution in [0.5, 0.6) is 0 Å². The topological polar surface area (TPSA) is 63.6 Å². The van der Waals surface area contributed by atoms with Crippen molar-refractivity contribution in [2.45, 2.75) is 6.54 Å².